The molecular weight excluding hydrogens is 490 g/mol. The van der Waals surface area contributed by atoms with Crippen molar-refractivity contribution in [2.24, 2.45) is 0 Å². The van der Waals surface area contributed by atoms with Crippen molar-refractivity contribution in [2.45, 2.75) is 51.2 Å². The minimum absolute atomic E-state index is 0.188. The third kappa shape index (κ3) is 5.04. The second-order valence-corrected chi connectivity index (χ2v) is 12.0. The van der Waals surface area contributed by atoms with Crippen LogP contribution in [0.25, 0.3) is 11.0 Å². The Morgan fingerprint density at radius 1 is 1.00 bits per heavy atom. The van der Waals surface area contributed by atoms with E-state index in [4.69, 9.17) is 9.47 Å². The van der Waals surface area contributed by atoms with E-state index in [-0.39, 0.29) is 16.6 Å². The molecule has 0 unspecified atom stereocenters. The number of fused-ring (bicyclic) bond motifs is 2. The van der Waals surface area contributed by atoms with Gasteiger partial charge >= 0.3 is 6.09 Å². The van der Waals surface area contributed by atoms with Crippen molar-refractivity contribution in [1.29, 1.82) is 0 Å². The van der Waals surface area contributed by atoms with Gasteiger partial charge in [-0.25, -0.2) is 22.2 Å². The quantitative estimate of drug-likeness (QED) is 0.345. The number of hydrogen-bond donors (Lipinski definition) is 0. The van der Waals surface area contributed by atoms with Gasteiger partial charge in [-0.05, 0) is 81.6 Å². The maximum Gasteiger partial charge on any atom is 0.410 e. The number of ether oxygens (including phenoxy) is 2. The molecule has 9 heteroatoms. The van der Waals surface area contributed by atoms with Crippen molar-refractivity contribution in [2.75, 3.05) is 6.54 Å². The minimum Gasteiger partial charge on any atom is -0.457 e. The van der Waals surface area contributed by atoms with Gasteiger partial charge in [0, 0.05) is 25.5 Å². The van der Waals surface area contributed by atoms with Crippen molar-refractivity contribution >= 4 is 27.1 Å². The first-order valence-corrected chi connectivity index (χ1v) is 13.5. The maximum atomic E-state index is 13.3. The van der Waals surface area contributed by atoms with Gasteiger partial charge in [-0.2, -0.15) is 0 Å². The van der Waals surface area contributed by atoms with E-state index in [1.165, 1.54) is 16.4 Å². The van der Waals surface area contributed by atoms with E-state index in [2.05, 4.69) is 4.98 Å². The third-order valence-electron chi connectivity index (χ3n) is 6.16. The van der Waals surface area contributed by atoms with E-state index in [9.17, 15) is 13.2 Å². The molecule has 0 radical (unpaired) electrons. The number of amides is 1. The topological polar surface area (TPSA) is 90.7 Å². The summed E-state index contributed by atoms with van der Waals surface area (Å²) in [7, 11) is -3.82. The van der Waals surface area contributed by atoms with Crippen molar-refractivity contribution in [3.63, 3.8) is 0 Å². The number of hydrogen-bond acceptors (Lipinski definition) is 6. The Kier molecular flexibility index (Phi) is 6.19. The summed E-state index contributed by atoms with van der Waals surface area (Å²) in [5, 5.41) is 0.575. The number of aromatic nitrogens is 2. The fourth-order valence-electron chi connectivity index (χ4n) is 4.30. The second-order valence-electron chi connectivity index (χ2n) is 10.2. The van der Waals surface area contributed by atoms with Gasteiger partial charge in [0.05, 0.1) is 10.3 Å². The Labute approximate surface area is 216 Å². The summed E-state index contributed by atoms with van der Waals surface area (Å²) in [6.45, 7) is 8.48. The average Bonchev–Trinajstić information content (AvgIpc) is 3.29. The molecule has 0 fully saturated rings. The summed E-state index contributed by atoms with van der Waals surface area (Å²) in [5.74, 6) is 1.08. The van der Waals surface area contributed by atoms with Gasteiger partial charge in [0.25, 0.3) is 10.0 Å². The van der Waals surface area contributed by atoms with Crippen molar-refractivity contribution in [3.8, 4) is 11.5 Å². The zero-order valence-corrected chi connectivity index (χ0v) is 22.1. The molecule has 1 aliphatic heterocycles. The highest BCUT2D eigenvalue weighted by molar-refractivity contribution is 7.90. The van der Waals surface area contributed by atoms with Crippen LogP contribution in [0.15, 0.2) is 71.9 Å². The highest BCUT2D eigenvalue weighted by Crippen LogP contribution is 2.33. The van der Waals surface area contributed by atoms with Crippen LogP contribution >= 0.6 is 0 Å². The molecule has 8 nitrogen and oxygen atoms in total. The third-order valence-corrected chi connectivity index (χ3v) is 7.84. The average molecular weight is 520 g/mol. The highest BCUT2D eigenvalue weighted by Gasteiger charge is 2.26. The number of nitrogens with zero attached hydrogens (tertiary/aromatic N) is 3. The Bertz CT molecular complexity index is 1580. The van der Waals surface area contributed by atoms with E-state index >= 15 is 0 Å². The van der Waals surface area contributed by atoms with Crippen molar-refractivity contribution in [3.05, 3.63) is 83.7 Å². The summed E-state index contributed by atoms with van der Waals surface area (Å²) in [6, 6.07) is 15.9. The SMILES string of the molecule is Cc1ccc(S(=O)(=O)n2ccc3c(Oc4ccc5c(c4)CN(C(=O)OC(C)(C)C)CC5)ccnc32)cc1. The first kappa shape index (κ1) is 24.8. The largest absolute Gasteiger partial charge is 0.457 e. The Hall–Kier alpha value is -3.85. The molecule has 37 heavy (non-hydrogen) atoms. The van der Waals surface area contributed by atoms with E-state index < -0.39 is 15.6 Å². The van der Waals surface area contributed by atoms with Crippen LogP contribution in [-0.2, 0) is 27.7 Å². The summed E-state index contributed by atoms with van der Waals surface area (Å²) >= 11 is 0. The lowest BCUT2D eigenvalue weighted by Gasteiger charge is -2.31. The van der Waals surface area contributed by atoms with Crippen molar-refractivity contribution < 1.29 is 22.7 Å². The molecule has 5 rings (SSSR count). The monoisotopic (exact) mass is 519 g/mol. The van der Waals surface area contributed by atoms with Crippen molar-refractivity contribution in [1.82, 2.24) is 13.9 Å². The van der Waals surface area contributed by atoms with Gasteiger partial charge in [-0.3, -0.25) is 0 Å². The zero-order chi connectivity index (χ0) is 26.4. The molecule has 2 aromatic carbocycles. The van der Waals surface area contributed by atoms with Crippen LogP contribution in [0.2, 0.25) is 0 Å². The molecule has 0 saturated carbocycles. The molecule has 2 aromatic heterocycles. The number of pyridine rings is 1. The lowest BCUT2D eigenvalue weighted by Crippen LogP contribution is -2.39. The van der Waals surface area contributed by atoms with Crippen LogP contribution in [0.3, 0.4) is 0 Å². The molecule has 192 valence electrons. The van der Waals surface area contributed by atoms with Crippen LogP contribution in [0.5, 0.6) is 11.5 Å². The number of rotatable bonds is 4. The second kappa shape index (κ2) is 9.23. The van der Waals surface area contributed by atoms with Gasteiger partial charge in [0.2, 0.25) is 0 Å². The normalized spacial score (nSPS) is 13.9. The van der Waals surface area contributed by atoms with Gasteiger partial charge in [0.15, 0.2) is 5.65 Å². The molecule has 0 bridgehead atoms. The smallest absolute Gasteiger partial charge is 0.410 e. The summed E-state index contributed by atoms with van der Waals surface area (Å²) in [6.07, 6.45) is 3.41. The Balaban J connectivity index is 1.42. The van der Waals surface area contributed by atoms with Gasteiger partial charge < -0.3 is 14.4 Å². The van der Waals surface area contributed by atoms with Crippen LogP contribution in [0.4, 0.5) is 4.79 Å². The summed E-state index contributed by atoms with van der Waals surface area (Å²) in [4.78, 5) is 18.8. The molecule has 4 aromatic rings. The highest BCUT2D eigenvalue weighted by atomic mass is 32.2. The zero-order valence-electron chi connectivity index (χ0n) is 21.3. The summed E-state index contributed by atoms with van der Waals surface area (Å²) in [5.41, 5.74) is 2.84. The van der Waals surface area contributed by atoms with Gasteiger partial charge in [-0.15, -0.1) is 0 Å². The van der Waals surface area contributed by atoms with Crippen LogP contribution < -0.4 is 4.74 Å². The summed E-state index contributed by atoms with van der Waals surface area (Å²) < 4.78 is 39.4. The molecule has 1 amide bonds. The van der Waals surface area contributed by atoms with Crippen LogP contribution in [0.1, 0.15) is 37.5 Å². The van der Waals surface area contributed by atoms with E-state index in [0.29, 0.717) is 30.0 Å². The standard InChI is InChI=1S/C28H29N3O5S/c1-19-5-9-23(10-6-19)37(33,34)31-16-13-24-25(11-14-29-26(24)31)35-22-8-7-20-12-15-30(18-21(20)17-22)27(32)36-28(2,3)4/h5-11,13-14,16-17H,12,15,18H2,1-4H3. The van der Waals surface area contributed by atoms with E-state index in [1.807, 2.05) is 45.9 Å². The van der Waals surface area contributed by atoms with Crippen LogP contribution in [-0.4, -0.2) is 40.5 Å². The Morgan fingerprint density at radius 3 is 2.49 bits per heavy atom. The maximum absolute atomic E-state index is 13.3. The fraction of sp³-hybridized carbons (Fsp3) is 0.286. The molecule has 1 aliphatic rings. The predicted octanol–water partition coefficient (Wildman–Crippen LogP) is 5.67. The number of aryl methyl sites for hydroxylation is 1. The number of carbonyl (C=O) groups is 1. The fourth-order valence-corrected chi connectivity index (χ4v) is 5.60. The number of carbonyl (C=O) groups excluding carboxylic acids is 1. The van der Waals surface area contributed by atoms with Gasteiger partial charge in [-0.1, -0.05) is 23.8 Å². The molecule has 0 saturated heterocycles. The molecule has 0 N–H and O–H groups in total. The minimum atomic E-state index is -3.82. The van der Waals surface area contributed by atoms with E-state index in [1.54, 1.807) is 41.3 Å². The first-order chi connectivity index (χ1) is 17.5. The molecule has 0 aliphatic carbocycles. The molecule has 3 heterocycles. The first-order valence-electron chi connectivity index (χ1n) is 12.1. The van der Waals surface area contributed by atoms with Crippen LogP contribution in [0, 0.1) is 6.92 Å². The lowest BCUT2D eigenvalue weighted by atomic mass is 10.00. The number of benzene rings is 2. The Morgan fingerprint density at radius 2 is 1.76 bits per heavy atom. The predicted molar refractivity (Wildman–Crippen MR) is 140 cm³/mol. The van der Waals surface area contributed by atoms with Gasteiger partial charge in [0.1, 0.15) is 17.1 Å². The molecule has 0 spiro atoms. The lowest BCUT2D eigenvalue weighted by molar-refractivity contribution is 0.0224. The molecular formula is C28H29N3O5S. The van der Waals surface area contributed by atoms with E-state index in [0.717, 1.165) is 23.1 Å². The molecule has 0 atom stereocenters.